The zero-order chi connectivity index (χ0) is 13.7. The average Bonchev–Trinajstić information content (AvgIpc) is 2.33. The summed E-state index contributed by atoms with van der Waals surface area (Å²) in [5, 5.41) is 8.79. The van der Waals surface area contributed by atoms with Gasteiger partial charge < -0.3 is 14.7 Å². The van der Waals surface area contributed by atoms with Crippen LogP contribution in [0.3, 0.4) is 0 Å². The molecule has 1 saturated carbocycles. The van der Waals surface area contributed by atoms with Crippen LogP contribution in [0.15, 0.2) is 24.3 Å². The van der Waals surface area contributed by atoms with E-state index in [4.69, 9.17) is 9.84 Å². The molecule has 1 aromatic carbocycles. The highest BCUT2D eigenvalue weighted by molar-refractivity contribution is 5.87. The molecule has 4 nitrogen and oxygen atoms in total. The molecular weight excluding hydrogens is 242 g/mol. The van der Waals surface area contributed by atoms with Crippen molar-refractivity contribution in [3.8, 4) is 5.75 Å². The summed E-state index contributed by atoms with van der Waals surface area (Å²) in [6, 6.07) is 7.32. The Kier molecular flexibility index (Phi) is 4.80. The molecule has 0 saturated heterocycles. The predicted octanol–water partition coefficient (Wildman–Crippen LogP) is 2.64. The van der Waals surface area contributed by atoms with Gasteiger partial charge in [-0.25, -0.2) is 4.79 Å². The molecule has 0 bridgehead atoms. The van der Waals surface area contributed by atoms with E-state index in [1.165, 1.54) is 19.3 Å². The smallest absolute Gasteiger partial charge is 0.335 e. The Labute approximate surface area is 114 Å². The fraction of sp³-hybridized carbons (Fsp3) is 0.533. The monoisotopic (exact) mass is 263 g/mol. The van der Waals surface area contributed by atoms with Gasteiger partial charge in [-0.15, -0.1) is 0 Å². The van der Waals surface area contributed by atoms with Crippen LogP contribution in [0, 0.1) is 0 Å². The Bertz CT molecular complexity index is 412. The minimum Gasteiger partial charge on any atom is -0.494 e. The van der Waals surface area contributed by atoms with E-state index in [1.807, 2.05) is 0 Å². The lowest BCUT2D eigenvalue weighted by atomic mass is 9.92. The number of hydrogen-bond donors (Lipinski definition) is 1. The summed E-state index contributed by atoms with van der Waals surface area (Å²) in [5.41, 5.74) is 0.289. The number of carboxylic acids is 1. The average molecular weight is 263 g/mol. The van der Waals surface area contributed by atoms with Gasteiger partial charge in [-0.1, -0.05) is 6.42 Å². The third kappa shape index (κ3) is 3.96. The van der Waals surface area contributed by atoms with E-state index < -0.39 is 5.97 Å². The third-order valence-corrected chi connectivity index (χ3v) is 3.72. The molecular formula is C15H21NO3. The van der Waals surface area contributed by atoms with Crippen LogP contribution in [0.5, 0.6) is 5.75 Å². The molecule has 1 N–H and O–H groups in total. The van der Waals surface area contributed by atoms with E-state index in [2.05, 4.69) is 11.9 Å². The summed E-state index contributed by atoms with van der Waals surface area (Å²) in [6.45, 7) is 1.72. The van der Waals surface area contributed by atoms with Crippen LogP contribution in [0.2, 0.25) is 0 Å². The van der Waals surface area contributed by atoms with Crippen LogP contribution in [0.1, 0.15) is 36.0 Å². The number of carbonyl (C=O) groups is 1. The van der Waals surface area contributed by atoms with E-state index >= 15 is 0 Å². The third-order valence-electron chi connectivity index (χ3n) is 3.72. The lowest BCUT2D eigenvalue weighted by Gasteiger charge is -2.34. The highest BCUT2D eigenvalue weighted by Crippen LogP contribution is 2.23. The number of carboxylic acid groups (broad SMARTS) is 1. The van der Waals surface area contributed by atoms with Gasteiger partial charge in [-0.05, 0) is 50.6 Å². The molecule has 0 unspecified atom stereocenters. The second-order valence-corrected chi connectivity index (χ2v) is 5.10. The summed E-state index contributed by atoms with van der Waals surface area (Å²) >= 11 is 0. The number of rotatable bonds is 7. The van der Waals surface area contributed by atoms with Crippen LogP contribution in [0.4, 0.5) is 0 Å². The Morgan fingerprint density at radius 3 is 2.58 bits per heavy atom. The molecule has 0 heterocycles. The van der Waals surface area contributed by atoms with Gasteiger partial charge >= 0.3 is 5.97 Å². The molecule has 0 spiro atoms. The molecule has 1 fully saturated rings. The topological polar surface area (TPSA) is 49.8 Å². The maximum atomic E-state index is 10.7. The lowest BCUT2D eigenvalue weighted by molar-refractivity contribution is 0.0697. The minimum atomic E-state index is -0.909. The van der Waals surface area contributed by atoms with Crippen molar-refractivity contribution in [3.05, 3.63) is 29.8 Å². The van der Waals surface area contributed by atoms with Crippen molar-refractivity contribution in [1.29, 1.82) is 0 Å². The van der Waals surface area contributed by atoms with Crippen molar-refractivity contribution < 1.29 is 14.6 Å². The van der Waals surface area contributed by atoms with E-state index in [0.717, 1.165) is 24.8 Å². The van der Waals surface area contributed by atoms with Crippen LogP contribution >= 0.6 is 0 Å². The van der Waals surface area contributed by atoms with Gasteiger partial charge in [-0.3, -0.25) is 0 Å². The van der Waals surface area contributed by atoms with Gasteiger partial charge in [0.2, 0.25) is 0 Å². The molecule has 0 amide bonds. The summed E-state index contributed by atoms with van der Waals surface area (Å²) in [6.07, 6.45) is 5.01. The van der Waals surface area contributed by atoms with Gasteiger partial charge in [0.05, 0.1) is 12.2 Å². The fourth-order valence-corrected chi connectivity index (χ4v) is 2.21. The van der Waals surface area contributed by atoms with Crippen LogP contribution in [-0.2, 0) is 0 Å². The summed E-state index contributed by atoms with van der Waals surface area (Å²) in [4.78, 5) is 13.1. The first kappa shape index (κ1) is 13.9. The van der Waals surface area contributed by atoms with Gasteiger partial charge in [0.15, 0.2) is 0 Å². The standard InChI is InChI=1S/C15H21NO3/c1-16(13-4-2-5-13)10-3-11-19-14-8-6-12(7-9-14)15(17)18/h6-9,13H,2-5,10-11H2,1H3,(H,17,18). The minimum absolute atomic E-state index is 0.289. The van der Waals surface area contributed by atoms with Crippen LogP contribution in [-0.4, -0.2) is 42.2 Å². The predicted molar refractivity (Wildman–Crippen MR) is 73.8 cm³/mol. The molecule has 0 radical (unpaired) electrons. The number of nitrogens with zero attached hydrogens (tertiary/aromatic N) is 1. The molecule has 0 atom stereocenters. The molecule has 1 aliphatic rings. The first-order valence-corrected chi connectivity index (χ1v) is 6.83. The van der Waals surface area contributed by atoms with Crippen molar-refractivity contribution in [1.82, 2.24) is 4.90 Å². The normalized spacial score (nSPS) is 15.3. The number of ether oxygens (including phenoxy) is 1. The van der Waals surface area contributed by atoms with Gasteiger partial charge in [0.25, 0.3) is 0 Å². The van der Waals surface area contributed by atoms with Gasteiger partial charge in [-0.2, -0.15) is 0 Å². The summed E-state index contributed by atoms with van der Waals surface area (Å²) < 4.78 is 5.60. The van der Waals surface area contributed by atoms with E-state index in [9.17, 15) is 4.79 Å². The van der Waals surface area contributed by atoms with E-state index in [0.29, 0.717) is 6.61 Å². The Morgan fingerprint density at radius 1 is 1.37 bits per heavy atom. The summed E-state index contributed by atoms with van der Waals surface area (Å²) in [7, 11) is 2.17. The highest BCUT2D eigenvalue weighted by atomic mass is 16.5. The zero-order valence-electron chi connectivity index (χ0n) is 11.3. The molecule has 104 valence electrons. The molecule has 4 heteroatoms. The Hall–Kier alpha value is -1.55. The van der Waals surface area contributed by atoms with Crippen molar-refractivity contribution in [2.45, 2.75) is 31.7 Å². The number of benzene rings is 1. The zero-order valence-corrected chi connectivity index (χ0v) is 11.3. The maximum Gasteiger partial charge on any atom is 0.335 e. The van der Waals surface area contributed by atoms with Crippen molar-refractivity contribution in [3.63, 3.8) is 0 Å². The highest BCUT2D eigenvalue weighted by Gasteiger charge is 2.21. The SMILES string of the molecule is CN(CCCOc1ccc(C(=O)O)cc1)C1CCC1. The molecule has 2 rings (SSSR count). The Morgan fingerprint density at radius 2 is 2.05 bits per heavy atom. The van der Waals surface area contributed by atoms with Crippen LogP contribution in [0.25, 0.3) is 0 Å². The van der Waals surface area contributed by atoms with Gasteiger partial charge in [0, 0.05) is 12.6 Å². The maximum absolute atomic E-state index is 10.7. The lowest BCUT2D eigenvalue weighted by Crippen LogP contribution is -2.38. The van der Waals surface area contributed by atoms with Crippen molar-refractivity contribution in [2.24, 2.45) is 0 Å². The molecule has 19 heavy (non-hydrogen) atoms. The number of hydrogen-bond acceptors (Lipinski definition) is 3. The van der Waals surface area contributed by atoms with Crippen LogP contribution < -0.4 is 4.74 Å². The van der Waals surface area contributed by atoms with E-state index in [-0.39, 0.29) is 5.56 Å². The Balaban J connectivity index is 1.66. The largest absolute Gasteiger partial charge is 0.494 e. The van der Waals surface area contributed by atoms with Crippen molar-refractivity contribution in [2.75, 3.05) is 20.2 Å². The van der Waals surface area contributed by atoms with Gasteiger partial charge in [0.1, 0.15) is 5.75 Å². The second-order valence-electron chi connectivity index (χ2n) is 5.10. The molecule has 1 aromatic rings. The van der Waals surface area contributed by atoms with E-state index in [1.54, 1.807) is 24.3 Å². The molecule has 0 aromatic heterocycles. The summed E-state index contributed by atoms with van der Waals surface area (Å²) in [5.74, 6) is -0.176. The first-order valence-electron chi connectivity index (χ1n) is 6.83. The second kappa shape index (κ2) is 6.57. The van der Waals surface area contributed by atoms with Crippen molar-refractivity contribution >= 4 is 5.97 Å². The first-order chi connectivity index (χ1) is 9.16. The number of aromatic carboxylic acids is 1. The quantitative estimate of drug-likeness (QED) is 0.768. The fourth-order valence-electron chi connectivity index (χ4n) is 2.21. The molecule has 1 aliphatic carbocycles. The molecule has 0 aliphatic heterocycles.